The Morgan fingerprint density at radius 2 is 1.81 bits per heavy atom. The van der Waals surface area contributed by atoms with Crippen LogP contribution in [-0.2, 0) is 5.41 Å². The van der Waals surface area contributed by atoms with Crippen molar-refractivity contribution in [1.82, 2.24) is 9.55 Å². The summed E-state index contributed by atoms with van der Waals surface area (Å²) in [4.78, 5) is 17.8. The minimum atomic E-state index is -0.195. The quantitative estimate of drug-likeness (QED) is 0.422. The van der Waals surface area contributed by atoms with Gasteiger partial charge in [-0.2, -0.15) is 4.98 Å². The van der Waals surface area contributed by atoms with E-state index in [1.54, 1.807) is 6.07 Å². The number of hydrogen-bond acceptors (Lipinski definition) is 2. The van der Waals surface area contributed by atoms with Gasteiger partial charge in [0.25, 0.3) is 5.56 Å². The molecular weight excluding hydrogens is 404 g/mol. The van der Waals surface area contributed by atoms with Crippen molar-refractivity contribution in [2.75, 3.05) is 0 Å². The zero-order valence-electron chi connectivity index (χ0n) is 18.6. The van der Waals surface area contributed by atoms with E-state index in [0.717, 1.165) is 24.2 Å². The van der Waals surface area contributed by atoms with E-state index in [2.05, 4.69) is 36.6 Å². The Kier molecular flexibility index (Phi) is 5.42. The molecule has 2 aliphatic rings. The highest BCUT2D eigenvalue weighted by Crippen LogP contribution is 2.52. The predicted octanol–water partition coefficient (Wildman–Crippen LogP) is 7.29. The molecule has 1 saturated carbocycles. The molecule has 4 heteroatoms. The number of fused-ring (bicyclic) bond motifs is 7. The maximum absolute atomic E-state index is 13.1. The summed E-state index contributed by atoms with van der Waals surface area (Å²) < 4.78 is 2.24. The number of benzene rings is 2. The van der Waals surface area contributed by atoms with Crippen LogP contribution in [0.5, 0.6) is 0 Å². The van der Waals surface area contributed by atoms with Crippen LogP contribution in [-0.4, -0.2) is 9.55 Å². The Morgan fingerprint density at radius 3 is 2.52 bits per heavy atom. The highest BCUT2D eigenvalue weighted by atomic mass is 35.5. The van der Waals surface area contributed by atoms with Gasteiger partial charge in [0, 0.05) is 0 Å². The smallest absolute Gasteiger partial charge is 0.282 e. The van der Waals surface area contributed by atoms with Crippen LogP contribution in [0, 0.1) is 0 Å². The molecule has 5 rings (SSSR count). The van der Waals surface area contributed by atoms with E-state index in [1.165, 1.54) is 61.8 Å². The molecule has 3 aromatic rings. The first kappa shape index (κ1) is 20.8. The minimum Gasteiger partial charge on any atom is -0.296 e. The second-order valence-electron chi connectivity index (χ2n) is 9.40. The van der Waals surface area contributed by atoms with Crippen LogP contribution in [0.25, 0.3) is 16.6 Å². The van der Waals surface area contributed by atoms with Gasteiger partial charge in [-0.05, 0) is 60.9 Å². The fraction of sp³-hybridized carbons (Fsp3) is 0.481. The van der Waals surface area contributed by atoms with E-state index in [-0.39, 0.29) is 11.0 Å². The number of nitrogens with zero attached hydrogens (tertiary/aromatic N) is 2. The molecule has 1 aliphatic heterocycles. The van der Waals surface area contributed by atoms with Gasteiger partial charge in [-0.15, -0.1) is 0 Å². The zero-order valence-corrected chi connectivity index (χ0v) is 19.3. The average Bonchev–Trinajstić information content (AvgIpc) is 3.03. The molecule has 0 N–H and O–H groups in total. The summed E-state index contributed by atoms with van der Waals surface area (Å²) >= 11 is 6.45. The third kappa shape index (κ3) is 3.16. The van der Waals surface area contributed by atoms with E-state index in [4.69, 9.17) is 16.6 Å². The van der Waals surface area contributed by atoms with Gasteiger partial charge in [-0.1, -0.05) is 75.8 Å². The molecule has 1 spiro atoms. The van der Waals surface area contributed by atoms with Crippen molar-refractivity contribution in [3.8, 4) is 5.69 Å². The van der Waals surface area contributed by atoms with E-state index < -0.39 is 0 Å². The Morgan fingerprint density at radius 1 is 1.06 bits per heavy atom. The van der Waals surface area contributed by atoms with Gasteiger partial charge in [0.2, 0.25) is 0 Å². The second kappa shape index (κ2) is 8.09. The van der Waals surface area contributed by atoms with Gasteiger partial charge in [-0.25, -0.2) is 0 Å². The Balaban J connectivity index is 1.79. The lowest BCUT2D eigenvalue weighted by atomic mass is 9.69. The van der Waals surface area contributed by atoms with Crippen LogP contribution in [0.1, 0.15) is 94.5 Å². The van der Waals surface area contributed by atoms with Gasteiger partial charge in [-0.3, -0.25) is 9.36 Å². The van der Waals surface area contributed by atoms with Crippen LogP contribution >= 0.6 is 11.6 Å². The van der Waals surface area contributed by atoms with Crippen molar-refractivity contribution >= 4 is 22.5 Å². The number of halogens is 1. The molecule has 1 aromatic heterocycles. The molecule has 0 bridgehead atoms. The molecule has 3 nitrogen and oxygen atoms in total. The Labute approximate surface area is 189 Å². The SMILES string of the molecule is CCCC(CCC)c1ccc2c(c1)C1(CCCCC1)c1nc(=O)c3c(Cl)cccc3n1-2. The lowest BCUT2D eigenvalue weighted by Crippen LogP contribution is -2.32. The fourth-order valence-corrected chi connectivity index (χ4v) is 6.37. The first-order chi connectivity index (χ1) is 15.1. The minimum absolute atomic E-state index is 0.151. The maximum atomic E-state index is 13.1. The van der Waals surface area contributed by atoms with Gasteiger partial charge in [0.05, 0.1) is 27.0 Å². The number of hydrogen-bond donors (Lipinski definition) is 0. The molecular formula is C27H31ClN2O. The molecule has 162 valence electrons. The molecule has 31 heavy (non-hydrogen) atoms. The van der Waals surface area contributed by atoms with E-state index in [9.17, 15) is 4.79 Å². The van der Waals surface area contributed by atoms with Crippen molar-refractivity contribution in [3.63, 3.8) is 0 Å². The highest BCUT2D eigenvalue weighted by Gasteiger charge is 2.46. The van der Waals surface area contributed by atoms with E-state index in [1.807, 2.05) is 12.1 Å². The van der Waals surface area contributed by atoms with Crippen molar-refractivity contribution in [1.29, 1.82) is 0 Å². The van der Waals surface area contributed by atoms with Gasteiger partial charge in [0.15, 0.2) is 0 Å². The monoisotopic (exact) mass is 434 g/mol. The Bertz CT molecular complexity index is 1180. The van der Waals surface area contributed by atoms with E-state index >= 15 is 0 Å². The Hall–Kier alpha value is -2.13. The van der Waals surface area contributed by atoms with Crippen LogP contribution in [0.15, 0.2) is 41.2 Å². The normalized spacial score (nSPS) is 16.8. The van der Waals surface area contributed by atoms with E-state index in [0.29, 0.717) is 16.3 Å². The van der Waals surface area contributed by atoms with Crippen molar-refractivity contribution < 1.29 is 0 Å². The van der Waals surface area contributed by atoms with Gasteiger partial charge in [0.1, 0.15) is 5.82 Å². The third-order valence-corrected chi connectivity index (χ3v) is 7.84. The average molecular weight is 435 g/mol. The summed E-state index contributed by atoms with van der Waals surface area (Å²) in [5.74, 6) is 1.53. The first-order valence-corrected chi connectivity index (χ1v) is 12.3. The summed E-state index contributed by atoms with van der Waals surface area (Å²) in [7, 11) is 0. The summed E-state index contributed by atoms with van der Waals surface area (Å²) in [6, 6.07) is 12.8. The van der Waals surface area contributed by atoms with Gasteiger partial charge < -0.3 is 0 Å². The van der Waals surface area contributed by atoms with Crippen molar-refractivity contribution in [2.45, 2.75) is 83.0 Å². The molecule has 0 unspecified atom stereocenters. The zero-order chi connectivity index (χ0) is 21.6. The molecule has 1 fully saturated rings. The van der Waals surface area contributed by atoms with Crippen LogP contribution in [0.2, 0.25) is 5.02 Å². The second-order valence-corrected chi connectivity index (χ2v) is 9.81. The standard InChI is InChI=1S/C27H31ClN2O/c1-3-9-18(10-4-2)19-13-14-22-20(17-19)27(15-6-5-7-16-27)26-29-25(31)24-21(28)11-8-12-23(24)30(22)26/h8,11-14,17-18H,3-7,9-10,15-16H2,1-2H3. The summed E-state index contributed by atoms with van der Waals surface area (Å²) in [5.41, 5.74) is 4.55. The molecule has 2 aromatic carbocycles. The molecule has 2 heterocycles. The molecule has 0 saturated heterocycles. The lowest BCUT2D eigenvalue weighted by Gasteiger charge is -2.34. The predicted molar refractivity (Wildman–Crippen MR) is 129 cm³/mol. The van der Waals surface area contributed by atoms with Crippen molar-refractivity contribution in [2.24, 2.45) is 0 Å². The summed E-state index contributed by atoms with van der Waals surface area (Å²) in [6.45, 7) is 4.56. The van der Waals surface area contributed by atoms with Crippen LogP contribution in [0.4, 0.5) is 0 Å². The largest absolute Gasteiger partial charge is 0.296 e. The summed E-state index contributed by atoms with van der Waals surface area (Å²) in [5, 5.41) is 1.02. The number of aromatic nitrogens is 2. The first-order valence-electron chi connectivity index (χ1n) is 12.0. The molecule has 0 radical (unpaired) electrons. The van der Waals surface area contributed by atoms with Gasteiger partial charge >= 0.3 is 0 Å². The topological polar surface area (TPSA) is 34.9 Å². The molecule has 1 aliphatic carbocycles. The number of rotatable bonds is 5. The highest BCUT2D eigenvalue weighted by molar-refractivity contribution is 6.35. The third-order valence-electron chi connectivity index (χ3n) is 7.52. The van der Waals surface area contributed by atoms with Crippen LogP contribution in [0.3, 0.4) is 0 Å². The van der Waals surface area contributed by atoms with Crippen LogP contribution < -0.4 is 5.56 Å². The molecule has 0 amide bonds. The summed E-state index contributed by atoms with van der Waals surface area (Å²) in [6.07, 6.45) is 10.6. The van der Waals surface area contributed by atoms with Crippen molar-refractivity contribution in [3.05, 3.63) is 68.7 Å². The maximum Gasteiger partial charge on any atom is 0.282 e. The molecule has 0 atom stereocenters. The fourth-order valence-electron chi connectivity index (χ4n) is 6.12. The lowest BCUT2D eigenvalue weighted by molar-refractivity contribution is 0.338.